The minimum absolute atomic E-state index is 0.217. The quantitative estimate of drug-likeness (QED) is 0.898. The number of hydrogen-bond donors (Lipinski definition) is 1. The molecule has 0 radical (unpaired) electrons. The van der Waals surface area contributed by atoms with Crippen LogP contribution in [0.15, 0.2) is 42.6 Å². The van der Waals surface area contributed by atoms with Crippen LogP contribution in [0.3, 0.4) is 0 Å². The monoisotopic (exact) mass is 260 g/mol. The van der Waals surface area contributed by atoms with E-state index in [-0.39, 0.29) is 6.61 Å². The molecule has 2 rings (SSSR count). The van der Waals surface area contributed by atoms with Crippen molar-refractivity contribution in [1.29, 1.82) is 0 Å². The zero-order chi connectivity index (χ0) is 13.7. The molecule has 0 saturated heterocycles. The van der Waals surface area contributed by atoms with Crippen molar-refractivity contribution in [3.63, 3.8) is 0 Å². The lowest BCUT2D eigenvalue weighted by Gasteiger charge is -2.24. The second-order valence-electron chi connectivity index (χ2n) is 4.29. The first-order chi connectivity index (χ1) is 9.24. The maximum absolute atomic E-state index is 13.1. The Balaban J connectivity index is 2.27. The van der Waals surface area contributed by atoms with Crippen molar-refractivity contribution in [2.75, 3.05) is 11.4 Å². The molecule has 0 unspecified atom stereocenters. The van der Waals surface area contributed by atoms with Crippen LogP contribution < -0.4 is 4.90 Å². The van der Waals surface area contributed by atoms with Crippen molar-refractivity contribution in [3.05, 3.63) is 59.5 Å². The third-order valence-corrected chi connectivity index (χ3v) is 2.98. The van der Waals surface area contributed by atoms with Crippen molar-refractivity contribution >= 4 is 5.82 Å². The number of nitrogens with zero attached hydrogens (tertiary/aromatic N) is 2. The lowest BCUT2D eigenvalue weighted by Crippen LogP contribution is -2.24. The van der Waals surface area contributed by atoms with Crippen molar-refractivity contribution in [2.45, 2.75) is 20.1 Å². The van der Waals surface area contributed by atoms with Crippen LogP contribution in [0.2, 0.25) is 0 Å². The molecule has 2 aromatic rings. The molecule has 1 heterocycles. The minimum atomic E-state index is -0.427. The summed E-state index contributed by atoms with van der Waals surface area (Å²) in [6.07, 6.45) is 1.18. The first-order valence-corrected chi connectivity index (χ1v) is 6.28. The van der Waals surface area contributed by atoms with Gasteiger partial charge in [-0.05, 0) is 18.6 Å². The van der Waals surface area contributed by atoms with Gasteiger partial charge in [0.1, 0.15) is 11.6 Å². The smallest absolute Gasteiger partial charge is 0.142 e. The van der Waals surface area contributed by atoms with Gasteiger partial charge in [0.05, 0.1) is 12.8 Å². The van der Waals surface area contributed by atoms with Crippen LogP contribution in [0.25, 0.3) is 0 Å². The van der Waals surface area contributed by atoms with Crippen molar-refractivity contribution in [2.24, 2.45) is 0 Å². The summed E-state index contributed by atoms with van der Waals surface area (Å²) in [5.74, 6) is 0.207. The number of aliphatic hydroxyl groups excluding tert-OH is 1. The molecule has 4 heteroatoms. The largest absolute Gasteiger partial charge is 0.392 e. The first-order valence-electron chi connectivity index (χ1n) is 6.28. The molecule has 19 heavy (non-hydrogen) atoms. The average molecular weight is 260 g/mol. The highest BCUT2D eigenvalue weighted by Crippen LogP contribution is 2.20. The van der Waals surface area contributed by atoms with Gasteiger partial charge in [-0.1, -0.05) is 30.3 Å². The number of benzene rings is 1. The zero-order valence-electron chi connectivity index (χ0n) is 10.9. The Hall–Kier alpha value is -1.94. The summed E-state index contributed by atoms with van der Waals surface area (Å²) in [7, 11) is 0. The van der Waals surface area contributed by atoms with Gasteiger partial charge in [-0.15, -0.1) is 0 Å². The van der Waals surface area contributed by atoms with Crippen LogP contribution >= 0.6 is 0 Å². The fourth-order valence-corrected chi connectivity index (χ4v) is 2.02. The van der Waals surface area contributed by atoms with Crippen LogP contribution in [-0.4, -0.2) is 16.6 Å². The Labute approximate surface area is 112 Å². The molecule has 0 amide bonds. The minimum Gasteiger partial charge on any atom is -0.392 e. The highest BCUT2D eigenvalue weighted by Gasteiger charge is 2.12. The molecule has 3 nitrogen and oxygen atoms in total. The van der Waals surface area contributed by atoms with E-state index in [9.17, 15) is 9.50 Å². The standard InChI is InChI=1S/C15H17FN2O/c1-2-18(10-12-6-4-3-5-7-12)15-13(11-19)8-14(16)9-17-15/h3-9,19H,2,10-11H2,1H3. The van der Waals surface area contributed by atoms with E-state index in [0.29, 0.717) is 17.9 Å². The molecule has 0 aliphatic heterocycles. The van der Waals surface area contributed by atoms with Crippen LogP contribution in [0.5, 0.6) is 0 Å². The number of aromatic nitrogens is 1. The molecule has 0 aliphatic carbocycles. The first kappa shape index (κ1) is 13.5. The fourth-order valence-electron chi connectivity index (χ4n) is 2.02. The number of halogens is 1. The number of pyridine rings is 1. The Morgan fingerprint density at radius 1 is 1.26 bits per heavy atom. The molecule has 0 saturated carbocycles. The number of hydrogen-bond acceptors (Lipinski definition) is 3. The highest BCUT2D eigenvalue weighted by atomic mass is 19.1. The second kappa shape index (κ2) is 6.29. The van der Waals surface area contributed by atoms with Crippen molar-refractivity contribution < 1.29 is 9.50 Å². The molecule has 0 aliphatic rings. The van der Waals surface area contributed by atoms with Gasteiger partial charge in [0.15, 0.2) is 0 Å². The van der Waals surface area contributed by atoms with Gasteiger partial charge in [0, 0.05) is 18.7 Å². The lowest BCUT2D eigenvalue weighted by molar-refractivity contribution is 0.281. The number of aliphatic hydroxyl groups is 1. The summed E-state index contributed by atoms with van der Waals surface area (Å²) >= 11 is 0. The van der Waals surface area contributed by atoms with E-state index in [1.807, 2.05) is 42.2 Å². The predicted molar refractivity (Wildman–Crippen MR) is 73.3 cm³/mol. The summed E-state index contributed by atoms with van der Waals surface area (Å²) in [6, 6.07) is 11.3. The second-order valence-corrected chi connectivity index (χ2v) is 4.29. The molecule has 100 valence electrons. The Bertz CT molecular complexity index is 531. The Morgan fingerprint density at radius 2 is 2.00 bits per heavy atom. The Kier molecular flexibility index (Phi) is 4.47. The van der Waals surface area contributed by atoms with Gasteiger partial charge in [0.25, 0.3) is 0 Å². The molecule has 1 N–H and O–H groups in total. The van der Waals surface area contributed by atoms with Crippen molar-refractivity contribution in [1.82, 2.24) is 4.98 Å². The third kappa shape index (κ3) is 3.29. The zero-order valence-corrected chi connectivity index (χ0v) is 10.9. The van der Waals surface area contributed by atoms with Gasteiger partial charge >= 0.3 is 0 Å². The molecule has 1 aromatic heterocycles. The molecule has 0 bridgehead atoms. The molecular formula is C15H17FN2O. The molecular weight excluding hydrogens is 243 g/mol. The van der Waals surface area contributed by atoms with Crippen molar-refractivity contribution in [3.8, 4) is 0 Å². The summed E-state index contributed by atoms with van der Waals surface area (Å²) in [4.78, 5) is 6.12. The highest BCUT2D eigenvalue weighted by molar-refractivity contribution is 5.47. The third-order valence-electron chi connectivity index (χ3n) is 2.98. The van der Waals surface area contributed by atoms with Gasteiger partial charge in [-0.25, -0.2) is 9.37 Å². The average Bonchev–Trinajstić information content (AvgIpc) is 2.46. The van der Waals surface area contributed by atoms with Gasteiger partial charge in [-0.3, -0.25) is 0 Å². The normalized spacial score (nSPS) is 10.5. The predicted octanol–water partition coefficient (Wildman–Crippen LogP) is 2.74. The molecule has 0 atom stereocenters. The van der Waals surface area contributed by atoms with Gasteiger partial charge in [-0.2, -0.15) is 0 Å². The summed E-state index contributed by atoms with van der Waals surface area (Å²) < 4.78 is 13.1. The molecule has 0 fully saturated rings. The molecule has 1 aromatic carbocycles. The summed E-state index contributed by atoms with van der Waals surface area (Å²) in [6.45, 7) is 3.21. The number of rotatable bonds is 5. The van der Waals surface area contributed by atoms with E-state index in [4.69, 9.17) is 0 Å². The SMILES string of the molecule is CCN(Cc1ccccc1)c1ncc(F)cc1CO. The Morgan fingerprint density at radius 3 is 2.63 bits per heavy atom. The van der Waals surface area contributed by atoms with Crippen LogP contribution in [-0.2, 0) is 13.2 Å². The van der Waals surface area contributed by atoms with E-state index < -0.39 is 5.82 Å². The van der Waals surface area contributed by atoms with E-state index in [1.54, 1.807) is 0 Å². The summed E-state index contributed by atoms with van der Waals surface area (Å²) in [5, 5.41) is 9.32. The topological polar surface area (TPSA) is 36.4 Å². The van der Waals surface area contributed by atoms with E-state index in [1.165, 1.54) is 12.3 Å². The van der Waals surface area contributed by atoms with E-state index in [0.717, 1.165) is 12.1 Å². The maximum atomic E-state index is 13.1. The van der Waals surface area contributed by atoms with Crippen LogP contribution in [0, 0.1) is 5.82 Å². The van der Waals surface area contributed by atoms with Gasteiger partial charge in [0.2, 0.25) is 0 Å². The fraction of sp³-hybridized carbons (Fsp3) is 0.267. The van der Waals surface area contributed by atoms with E-state index in [2.05, 4.69) is 4.98 Å². The summed E-state index contributed by atoms with van der Waals surface area (Å²) in [5.41, 5.74) is 1.66. The van der Waals surface area contributed by atoms with E-state index >= 15 is 0 Å². The van der Waals surface area contributed by atoms with Gasteiger partial charge < -0.3 is 10.0 Å². The van der Waals surface area contributed by atoms with Crippen LogP contribution in [0.4, 0.5) is 10.2 Å². The van der Waals surface area contributed by atoms with Crippen LogP contribution in [0.1, 0.15) is 18.1 Å². The lowest BCUT2D eigenvalue weighted by atomic mass is 10.2. The number of anilines is 1. The maximum Gasteiger partial charge on any atom is 0.142 e. The molecule has 0 spiro atoms.